The van der Waals surface area contributed by atoms with Crippen molar-refractivity contribution in [3.05, 3.63) is 79.2 Å². The maximum Gasteiger partial charge on any atom is 0.380 e. The smallest absolute Gasteiger partial charge is 0.294 e. The number of carbonyl (C=O) groups is 3. The van der Waals surface area contributed by atoms with Gasteiger partial charge in [0.25, 0.3) is 0 Å². The number of allylic oxidation sites excluding steroid dienone is 3. The van der Waals surface area contributed by atoms with Gasteiger partial charge in [0, 0.05) is 41.1 Å². The predicted octanol–water partition coefficient (Wildman–Crippen LogP) is 11.3. The molecule has 0 spiro atoms. The minimum Gasteiger partial charge on any atom is -0.294 e. The van der Waals surface area contributed by atoms with Crippen LogP contribution in [0, 0.1) is 11.7 Å². The molecule has 0 N–H and O–H groups in total. The van der Waals surface area contributed by atoms with Crippen LogP contribution in [0.1, 0.15) is 66.6 Å². The number of halogens is 6. The summed E-state index contributed by atoms with van der Waals surface area (Å²) in [4.78, 5) is 38.2. The largest absolute Gasteiger partial charge is 0.380 e. The Kier molecular flexibility index (Phi) is 9.22. The van der Waals surface area contributed by atoms with E-state index in [1.54, 1.807) is 6.07 Å². The highest BCUT2D eigenvalue weighted by molar-refractivity contribution is 8.12. The molecule has 0 atom stereocenters. The molecule has 0 saturated carbocycles. The van der Waals surface area contributed by atoms with E-state index in [1.165, 1.54) is 51.1 Å². The summed E-state index contributed by atoms with van der Waals surface area (Å²) in [6.45, 7) is 3.96. The second-order valence-corrected chi connectivity index (χ2v) is 15.3. The van der Waals surface area contributed by atoms with Crippen molar-refractivity contribution in [3.8, 4) is 31.2 Å². The van der Waals surface area contributed by atoms with Crippen LogP contribution in [0.2, 0.25) is 0 Å². The number of carbonyl (C=O) groups excluding carboxylic acids is 3. The number of ketones is 3. The first-order valence-corrected chi connectivity index (χ1v) is 17.3. The molecule has 0 radical (unpaired) electrons. The third-order valence-corrected chi connectivity index (χ3v) is 13.0. The summed E-state index contributed by atoms with van der Waals surface area (Å²) in [6.07, 6.45) is 5.51. The molecule has 1 aliphatic rings. The number of rotatable bonds is 10. The van der Waals surface area contributed by atoms with Crippen molar-refractivity contribution in [2.75, 3.05) is 0 Å². The van der Waals surface area contributed by atoms with Crippen molar-refractivity contribution in [1.82, 2.24) is 0 Å². The maximum atomic E-state index is 15.8. The van der Waals surface area contributed by atoms with E-state index in [0.29, 0.717) is 19.5 Å². The molecule has 238 valence electrons. The lowest BCUT2D eigenvalue weighted by Crippen LogP contribution is -2.49. The summed E-state index contributed by atoms with van der Waals surface area (Å²) in [6, 6.07) is 10.1. The van der Waals surface area contributed by atoms with E-state index in [0.717, 1.165) is 69.3 Å². The Hall–Kier alpha value is -3.22. The third kappa shape index (κ3) is 5.77. The topological polar surface area (TPSA) is 51.2 Å². The van der Waals surface area contributed by atoms with Crippen LogP contribution in [0.3, 0.4) is 0 Å². The van der Waals surface area contributed by atoms with Crippen molar-refractivity contribution in [2.45, 2.75) is 45.0 Å². The number of Topliss-reactive ketones (excluding diaryl/α,β-unsaturated/α-hetero) is 3. The number of hydrogen-bond donors (Lipinski definition) is 0. The van der Waals surface area contributed by atoms with Gasteiger partial charge in [-0.3, -0.25) is 14.4 Å². The maximum absolute atomic E-state index is 15.8. The van der Waals surface area contributed by atoms with Gasteiger partial charge in [-0.25, -0.2) is 0 Å². The standard InChI is InChI=1S/C32H20F6O3S5/c1-5-42-23(24-11-8-20(43-24)15(2)39)7-6-19-28(31(35,36)32(37,38)30(19,33)34)18-14-27(25-12-9-21(44-25)16(3)40)46-29(18)26-13-10-22(45-26)17(4)41/h1,7-14H,6H2,2-4H3/b23-7-. The zero-order chi connectivity index (χ0) is 33.8. The molecule has 0 saturated heterocycles. The number of thiophene rings is 4. The average Bonchev–Trinajstić information content (AvgIpc) is 3.79. The molecular weight excluding hydrogens is 707 g/mol. The molecule has 14 heteroatoms. The van der Waals surface area contributed by atoms with Crippen LogP contribution in [0.15, 0.2) is 54.1 Å². The van der Waals surface area contributed by atoms with Gasteiger partial charge in [0.15, 0.2) is 17.3 Å². The highest BCUT2D eigenvalue weighted by Gasteiger charge is 2.79. The Morgan fingerprint density at radius 3 is 1.80 bits per heavy atom. The Morgan fingerprint density at radius 2 is 1.26 bits per heavy atom. The van der Waals surface area contributed by atoms with Gasteiger partial charge in [0.1, 0.15) is 0 Å². The molecule has 0 aliphatic heterocycles. The van der Waals surface area contributed by atoms with Crippen molar-refractivity contribution >= 4 is 84.9 Å². The molecule has 0 aromatic carbocycles. The lowest BCUT2D eigenvalue weighted by Gasteiger charge is -2.25. The van der Waals surface area contributed by atoms with Gasteiger partial charge in [-0.15, -0.1) is 51.8 Å². The van der Waals surface area contributed by atoms with Crippen LogP contribution >= 0.6 is 57.1 Å². The quantitative estimate of drug-likeness (QED) is 0.0927. The first-order valence-electron chi connectivity index (χ1n) is 13.2. The van der Waals surface area contributed by atoms with Gasteiger partial charge < -0.3 is 0 Å². The summed E-state index contributed by atoms with van der Waals surface area (Å²) in [5.41, 5.74) is -3.52. The molecule has 4 aromatic rings. The van der Waals surface area contributed by atoms with E-state index in [2.05, 4.69) is 5.25 Å². The normalized spacial score (nSPS) is 16.9. The van der Waals surface area contributed by atoms with Gasteiger partial charge in [-0.2, -0.15) is 26.3 Å². The predicted molar refractivity (Wildman–Crippen MR) is 176 cm³/mol. The molecule has 46 heavy (non-hydrogen) atoms. The van der Waals surface area contributed by atoms with Gasteiger partial charge in [-0.1, -0.05) is 6.08 Å². The zero-order valence-electron chi connectivity index (χ0n) is 23.9. The molecule has 1 aliphatic carbocycles. The number of terminal acetylenes is 1. The van der Waals surface area contributed by atoms with Gasteiger partial charge in [0.2, 0.25) is 0 Å². The minimum absolute atomic E-state index is 0.00231. The van der Waals surface area contributed by atoms with E-state index in [1.807, 2.05) is 0 Å². The molecular formula is C32H20F6O3S5. The fraction of sp³-hybridized carbons (Fsp3) is 0.219. The third-order valence-electron chi connectivity index (χ3n) is 7.01. The second kappa shape index (κ2) is 12.4. The molecule has 0 fully saturated rings. The summed E-state index contributed by atoms with van der Waals surface area (Å²) >= 11 is 4.60. The molecule has 4 heterocycles. The van der Waals surface area contributed by atoms with Gasteiger partial charge >= 0.3 is 17.8 Å². The molecule has 3 nitrogen and oxygen atoms in total. The Bertz CT molecular complexity index is 2000. The average molecular weight is 727 g/mol. The van der Waals surface area contributed by atoms with Crippen molar-refractivity contribution in [3.63, 3.8) is 0 Å². The summed E-state index contributed by atoms with van der Waals surface area (Å²) in [7, 11) is 0. The van der Waals surface area contributed by atoms with Crippen LogP contribution in [0.4, 0.5) is 26.3 Å². The van der Waals surface area contributed by atoms with Crippen molar-refractivity contribution in [1.29, 1.82) is 0 Å². The first kappa shape index (κ1) is 34.1. The number of thioether (sulfide) groups is 1. The Balaban J connectivity index is 1.76. The van der Waals surface area contributed by atoms with E-state index in [9.17, 15) is 14.4 Å². The van der Waals surface area contributed by atoms with E-state index < -0.39 is 40.9 Å². The number of alkyl halides is 6. The summed E-state index contributed by atoms with van der Waals surface area (Å²) < 4.78 is 92.9. The van der Waals surface area contributed by atoms with Crippen LogP contribution < -0.4 is 0 Å². The number of hydrogen-bond acceptors (Lipinski definition) is 8. The van der Waals surface area contributed by atoms with Crippen LogP contribution in [-0.2, 0) is 0 Å². The van der Waals surface area contributed by atoms with Crippen LogP contribution in [0.5, 0.6) is 0 Å². The summed E-state index contributed by atoms with van der Waals surface area (Å²) in [5, 5.41) is 2.27. The lowest BCUT2D eigenvalue weighted by molar-refractivity contribution is -0.260. The molecule has 5 rings (SSSR count). The van der Waals surface area contributed by atoms with Crippen LogP contribution in [-0.4, -0.2) is 35.1 Å². The van der Waals surface area contributed by atoms with E-state index in [4.69, 9.17) is 6.42 Å². The van der Waals surface area contributed by atoms with E-state index >= 15 is 26.3 Å². The fourth-order valence-corrected chi connectivity index (χ4v) is 9.47. The Labute approximate surface area is 279 Å². The fourth-order valence-electron chi connectivity index (χ4n) is 4.75. The van der Waals surface area contributed by atoms with Crippen LogP contribution in [0.25, 0.3) is 30.0 Å². The summed E-state index contributed by atoms with van der Waals surface area (Å²) in [5.74, 6) is -17.2. The molecule has 0 unspecified atom stereocenters. The van der Waals surface area contributed by atoms with Gasteiger partial charge in [-0.05, 0) is 86.7 Å². The zero-order valence-corrected chi connectivity index (χ0v) is 28.0. The van der Waals surface area contributed by atoms with Crippen molar-refractivity contribution in [2.24, 2.45) is 0 Å². The molecule has 0 bridgehead atoms. The highest BCUT2D eigenvalue weighted by atomic mass is 32.2. The molecule has 4 aromatic heterocycles. The lowest BCUT2D eigenvalue weighted by atomic mass is 9.97. The minimum atomic E-state index is -5.77. The van der Waals surface area contributed by atoms with Crippen molar-refractivity contribution < 1.29 is 40.7 Å². The first-order chi connectivity index (χ1) is 21.5. The van der Waals surface area contributed by atoms with E-state index in [-0.39, 0.29) is 41.8 Å². The Morgan fingerprint density at radius 1 is 0.739 bits per heavy atom. The molecule has 0 amide bonds. The monoisotopic (exact) mass is 726 g/mol. The second-order valence-electron chi connectivity index (χ2n) is 10.1. The highest BCUT2D eigenvalue weighted by Crippen LogP contribution is 2.64. The SMILES string of the molecule is C#CS/C(=C\CC1=C(c2cc(-c3ccc(C(C)=O)s3)sc2-c2ccc(C(C)=O)s2)C(F)(F)C(F)(F)C1(F)F)c1ccc(C(C)=O)s1. The van der Waals surface area contributed by atoms with Gasteiger partial charge in [0.05, 0.1) is 19.5 Å².